The summed E-state index contributed by atoms with van der Waals surface area (Å²) in [6.45, 7) is 0. The van der Waals surface area contributed by atoms with Crippen LogP contribution in [-0.2, 0) is 0 Å². The van der Waals surface area contributed by atoms with E-state index in [1.807, 2.05) is 12.4 Å². The van der Waals surface area contributed by atoms with E-state index in [0.717, 1.165) is 0 Å². The van der Waals surface area contributed by atoms with E-state index in [0.29, 0.717) is 22.6 Å². The molecule has 0 aliphatic carbocycles. The number of rotatable bonds is 6. The minimum Gasteiger partial charge on any atom is -0.253 e. The highest BCUT2D eigenvalue weighted by atomic mass is 31.1. The third-order valence-corrected chi connectivity index (χ3v) is 15.4. The lowest BCUT2D eigenvalue weighted by atomic mass is 10.0. The van der Waals surface area contributed by atoms with Gasteiger partial charge in [-0.2, -0.15) is 0 Å². The molecule has 3 heterocycles. The van der Waals surface area contributed by atoms with E-state index >= 15 is 0 Å². The Labute approximate surface area is 240 Å². The number of hydrogen-bond acceptors (Lipinski definition) is 2. The maximum Gasteiger partial charge on any atom is 0.0901 e. The van der Waals surface area contributed by atoms with Gasteiger partial charge < -0.3 is 0 Å². The van der Waals surface area contributed by atoms with Crippen molar-refractivity contribution < 1.29 is 0 Å². The molecule has 0 saturated carbocycles. The highest BCUT2D eigenvalue weighted by molar-refractivity contribution is 7.72. The summed E-state index contributed by atoms with van der Waals surface area (Å²) >= 11 is 0. The van der Waals surface area contributed by atoms with Crippen molar-refractivity contribution in [3.8, 4) is 0 Å². The van der Waals surface area contributed by atoms with Crippen LogP contribution in [0.1, 0.15) is 70.6 Å². The number of benzene rings is 4. The molecule has 7 rings (SSSR count). The van der Waals surface area contributed by atoms with Gasteiger partial charge in [-0.15, -0.1) is 0 Å². The lowest BCUT2D eigenvalue weighted by Gasteiger charge is -2.32. The topological polar surface area (TPSA) is 25.8 Å². The van der Waals surface area contributed by atoms with E-state index in [1.54, 1.807) is 0 Å². The third kappa shape index (κ3) is 4.94. The first-order chi connectivity index (χ1) is 19.9. The zero-order chi connectivity index (χ0) is 26.7. The zero-order valence-corrected chi connectivity index (χ0v) is 24.4. The van der Waals surface area contributed by atoms with Crippen molar-refractivity contribution in [1.29, 1.82) is 0 Å². The molecule has 5 aromatic rings. The quantitative estimate of drug-likeness (QED) is 0.195. The van der Waals surface area contributed by atoms with Gasteiger partial charge in [-0.25, -0.2) is 0 Å². The molecule has 2 aliphatic rings. The highest BCUT2D eigenvalue weighted by Crippen LogP contribution is 2.72. The van der Waals surface area contributed by atoms with Crippen LogP contribution in [0, 0.1) is 0 Å². The first-order valence-corrected chi connectivity index (χ1v) is 17.4. The lowest BCUT2D eigenvalue weighted by Crippen LogP contribution is -2.31. The van der Waals surface area contributed by atoms with Crippen molar-refractivity contribution in [3.63, 3.8) is 0 Å². The summed E-state index contributed by atoms with van der Waals surface area (Å²) in [7, 11) is -1.18. The van der Waals surface area contributed by atoms with E-state index in [1.165, 1.54) is 58.8 Å². The fourth-order valence-corrected chi connectivity index (χ4v) is 14.3. The molecule has 0 bridgehead atoms. The molecule has 2 fully saturated rings. The Hall–Kier alpha value is -3.18. The van der Waals surface area contributed by atoms with Crippen LogP contribution in [0.15, 0.2) is 134 Å². The Balaban J connectivity index is 1.39. The van der Waals surface area contributed by atoms with Gasteiger partial charge in [0, 0.05) is 35.0 Å². The molecule has 0 N–H and O–H groups in total. The van der Waals surface area contributed by atoms with Gasteiger partial charge in [-0.3, -0.25) is 9.97 Å². The first kappa shape index (κ1) is 25.8. The highest BCUT2D eigenvalue weighted by Gasteiger charge is 2.45. The maximum absolute atomic E-state index is 5.30. The lowest BCUT2D eigenvalue weighted by molar-refractivity contribution is 0.765. The molecular weight excluding hydrogens is 522 g/mol. The van der Waals surface area contributed by atoms with Gasteiger partial charge in [0.15, 0.2) is 0 Å². The second-order valence-corrected chi connectivity index (χ2v) is 15.8. The van der Waals surface area contributed by atoms with Gasteiger partial charge in [0.1, 0.15) is 0 Å². The Morgan fingerprint density at radius 2 is 0.625 bits per heavy atom. The van der Waals surface area contributed by atoms with Crippen molar-refractivity contribution >= 4 is 26.7 Å². The summed E-state index contributed by atoms with van der Waals surface area (Å²) in [5.74, 6) is 0. The van der Waals surface area contributed by atoms with Crippen molar-refractivity contribution in [1.82, 2.24) is 9.97 Å². The zero-order valence-electron chi connectivity index (χ0n) is 22.6. The van der Waals surface area contributed by atoms with E-state index in [-0.39, 0.29) is 0 Å². The predicted octanol–water partition coefficient (Wildman–Crippen LogP) is 9.24. The van der Waals surface area contributed by atoms with Crippen molar-refractivity contribution in [2.45, 2.75) is 48.3 Å². The van der Waals surface area contributed by atoms with E-state index in [9.17, 15) is 0 Å². The number of aromatic nitrogens is 2. The van der Waals surface area contributed by atoms with Crippen LogP contribution in [0.4, 0.5) is 0 Å². The average Bonchev–Trinajstić information content (AvgIpc) is 3.68. The van der Waals surface area contributed by atoms with Crippen LogP contribution in [0.5, 0.6) is 0 Å². The summed E-state index contributed by atoms with van der Waals surface area (Å²) in [6, 6.07) is 44.9. The molecule has 2 aliphatic heterocycles. The molecule has 0 radical (unpaired) electrons. The van der Waals surface area contributed by atoms with Crippen molar-refractivity contribution in [2.75, 3.05) is 0 Å². The Kier molecular flexibility index (Phi) is 7.56. The smallest absolute Gasteiger partial charge is 0.0901 e. The molecule has 0 spiro atoms. The van der Waals surface area contributed by atoms with Crippen LogP contribution in [-0.4, -0.2) is 9.97 Å². The van der Waals surface area contributed by atoms with Gasteiger partial charge in [0.25, 0.3) is 0 Å². The fourth-order valence-electron chi connectivity index (χ4n) is 6.91. The molecule has 2 nitrogen and oxygen atoms in total. The standard InChI is InChI=1S/C36H34N2P2/c1-5-13-27(14-6-1)31-21-22-32(28-15-7-2-8-16-28)39(31)35-36(38-26-25-37-35)40-33(29-17-9-3-10-18-29)23-24-34(40)30-19-11-4-12-20-30/h1-20,25-26,31-34H,21-24H2/t31-,32?,33-,34?,39?,40?/m1/s1. The van der Waals surface area contributed by atoms with E-state index in [4.69, 9.17) is 9.97 Å². The Morgan fingerprint density at radius 3 is 0.875 bits per heavy atom. The van der Waals surface area contributed by atoms with Crippen molar-refractivity contribution in [2.24, 2.45) is 0 Å². The average molecular weight is 557 g/mol. The van der Waals surface area contributed by atoms with Gasteiger partial charge in [-0.1, -0.05) is 121 Å². The van der Waals surface area contributed by atoms with Gasteiger partial charge >= 0.3 is 0 Å². The predicted molar refractivity (Wildman–Crippen MR) is 170 cm³/mol. The second-order valence-electron chi connectivity index (χ2n) is 10.9. The molecule has 0 amide bonds. The van der Waals surface area contributed by atoms with Crippen molar-refractivity contribution in [3.05, 3.63) is 156 Å². The summed E-state index contributed by atoms with van der Waals surface area (Å²) in [5, 5.41) is 0. The minimum absolute atomic E-state index is 0.500. The number of hydrogen-bond donors (Lipinski definition) is 0. The molecule has 4 heteroatoms. The Morgan fingerprint density at radius 1 is 0.375 bits per heavy atom. The van der Waals surface area contributed by atoms with Crippen LogP contribution in [0.2, 0.25) is 0 Å². The van der Waals surface area contributed by atoms with Gasteiger partial charge in [0.05, 0.1) is 10.9 Å². The molecular formula is C36H34N2P2. The normalized spacial score (nSPS) is 26.1. The molecule has 2 saturated heterocycles. The SMILES string of the molecule is c1ccc(C2CC[C@H](c3ccccc3)P2c2nccnc2P2C(c3ccccc3)CC[C@@H]2c2ccccc2)cc1. The van der Waals surface area contributed by atoms with Gasteiger partial charge in [-0.05, 0) is 63.8 Å². The van der Waals surface area contributed by atoms with Crippen LogP contribution >= 0.6 is 15.8 Å². The first-order valence-electron chi connectivity index (χ1n) is 14.5. The van der Waals surface area contributed by atoms with Gasteiger partial charge in [0.2, 0.25) is 0 Å². The van der Waals surface area contributed by atoms with Crippen LogP contribution < -0.4 is 10.9 Å². The largest absolute Gasteiger partial charge is 0.253 e. The minimum atomic E-state index is -0.590. The molecule has 40 heavy (non-hydrogen) atoms. The summed E-state index contributed by atoms with van der Waals surface area (Å²) in [6.07, 6.45) is 8.73. The summed E-state index contributed by atoms with van der Waals surface area (Å²) < 4.78 is 0. The number of nitrogens with zero attached hydrogens (tertiary/aromatic N) is 2. The molecule has 4 aromatic carbocycles. The monoisotopic (exact) mass is 556 g/mol. The Bertz CT molecular complexity index is 1320. The third-order valence-electron chi connectivity index (χ3n) is 8.66. The molecule has 6 atom stereocenters. The van der Waals surface area contributed by atoms with E-state index < -0.39 is 15.8 Å². The fraction of sp³-hybridized carbons (Fsp3) is 0.222. The maximum atomic E-state index is 5.30. The molecule has 198 valence electrons. The van der Waals surface area contributed by atoms with Crippen LogP contribution in [0.25, 0.3) is 0 Å². The summed E-state index contributed by atoms with van der Waals surface area (Å²) in [5.41, 5.74) is 10.5. The molecule has 4 unspecified atom stereocenters. The second kappa shape index (κ2) is 11.7. The van der Waals surface area contributed by atoms with Crippen LogP contribution in [0.3, 0.4) is 0 Å². The van der Waals surface area contributed by atoms with E-state index in [2.05, 4.69) is 121 Å². The molecule has 1 aromatic heterocycles. The summed E-state index contributed by atoms with van der Waals surface area (Å²) in [4.78, 5) is 10.6.